The van der Waals surface area contributed by atoms with E-state index in [1.165, 1.54) is 6.92 Å². The van der Waals surface area contributed by atoms with Gasteiger partial charge in [0.25, 0.3) is 0 Å². The van der Waals surface area contributed by atoms with E-state index in [9.17, 15) is 9.59 Å². The van der Waals surface area contributed by atoms with Gasteiger partial charge in [-0.1, -0.05) is 58.5 Å². The number of furan rings is 1. The lowest BCUT2D eigenvalue weighted by atomic mass is 10.0. The number of carbonyl (C=O) groups excluding carboxylic acids is 2. The minimum atomic E-state index is -0.382. The van der Waals surface area contributed by atoms with Crippen LogP contribution in [0.15, 0.2) is 47.1 Å². The van der Waals surface area contributed by atoms with Crippen molar-refractivity contribution in [3.05, 3.63) is 48.4 Å². The van der Waals surface area contributed by atoms with Gasteiger partial charge < -0.3 is 13.9 Å². The lowest BCUT2D eigenvalue weighted by Gasteiger charge is -2.17. The number of benzene rings is 2. The monoisotopic (exact) mass is 380 g/mol. The van der Waals surface area contributed by atoms with Crippen LogP contribution in [0, 0.1) is 11.8 Å². The van der Waals surface area contributed by atoms with Crippen molar-refractivity contribution in [3.63, 3.8) is 0 Å². The van der Waals surface area contributed by atoms with Crippen LogP contribution in [-0.2, 0) is 4.79 Å². The molecule has 0 aliphatic carbocycles. The number of hydrogen-bond donors (Lipinski definition) is 0. The molecule has 0 unspecified atom stereocenters. The van der Waals surface area contributed by atoms with Crippen molar-refractivity contribution in [1.29, 1.82) is 0 Å². The van der Waals surface area contributed by atoms with E-state index in [1.54, 1.807) is 19.9 Å². The summed E-state index contributed by atoms with van der Waals surface area (Å²) in [6.45, 7) is 12.9. The fraction of sp³-hybridized carbons (Fsp3) is 0.304. The Morgan fingerprint density at radius 2 is 1.54 bits per heavy atom. The molecule has 0 aliphatic rings. The maximum Gasteiger partial charge on any atom is 0.313 e. The van der Waals surface area contributed by atoms with Crippen molar-refractivity contribution in [2.45, 2.75) is 34.6 Å². The maximum atomic E-state index is 12.3. The molecule has 1 aromatic heterocycles. The van der Waals surface area contributed by atoms with Gasteiger partial charge in [-0.25, -0.2) is 0 Å². The van der Waals surface area contributed by atoms with Crippen LogP contribution in [0.5, 0.6) is 11.5 Å². The van der Waals surface area contributed by atoms with Gasteiger partial charge in [0.2, 0.25) is 0 Å². The number of carbonyl (C=O) groups is 2. The quantitative estimate of drug-likeness (QED) is 0.231. The van der Waals surface area contributed by atoms with Crippen LogP contribution in [0.1, 0.15) is 45.2 Å². The normalized spacial score (nSPS) is 11.4. The van der Waals surface area contributed by atoms with E-state index in [4.69, 9.17) is 13.9 Å². The molecule has 5 nitrogen and oxygen atoms in total. The predicted molar refractivity (Wildman–Crippen MR) is 109 cm³/mol. The largest absolute Gasteiger partial charge is 0.461 e. The van der Waals surface area contributed by atoms with Crippen LogP contribution in [0.2, 0.25) is 0 Å². The standard InChI is InChI=1S/C23H24O5/c1-12(2)15(6)26-20-16-9-7-8-10-17(16)21(28-23(25)13(3)4)22-18(20)11-19(27-22)14(5)24/h7-13H,6H2,1-5H3. The Morgan fingerprint density at radius 3 is 2.07 bits per heavy atom. The number of esters is 1. The fourth-order valence-corrected chi connectivity index (χ4v) is 2.73. The molecule has 3 rings (SSSR count). The summed E-state index contributed by atoms with van der Waals surface area (Å²) >= 11 is 0. The number of fused-ring (bicyclic) bond motifs is 2. The van der Waals surface area contributed by atoms with Gasteiger partial charge in [0.05, 0.1) is 17.1 Å². The highest BCUT2D eigenvalue weighted by Gasteiger charge is 2.24. The third-order valence-corrected chi connectivity index (χ3v) is 4.50. The third kappa shape index (κ3) is 3.52. The van der Waals surface area contributed by atoms with Crippen LogP contribution in [-0.4, -0.2) is 11.8 Å². The highest BCUT2D eigenvalue weighted by Crippen LogP contribution is 2.45. The van der Waals surface area contributed by atoms with E-state index in [2.05, 4.69) is 6.58 Å². The van der Waals surface area contributed by atoms with E-state index in [1.807, 2.05) is 38.1 Å². The third-order valence-electron chi connectivity index (χ3n) is 4.50. The van der Waals surface area contributed by atoms with Crippen molar-refractivity contribution < 1.29 is 23.5 Å². The van der Waals surface area contributed by atoms with Crippen molar-refractivity contribution in [3.8, 4) is 11.5 Å². The lowest BCUT2D eigenvalue weighted by molar-refractivity contribution is -0.137. The Morgan fingerprint density at radius 1 is 0.929 bits per heavy atom. The molecule has 5 heteroatoms. The van der Waals surface area contributed by atoms with Gasteiger partial charge in [0.1, 0.15) is 5.75 Å². The van der Waals surface area contributed by atoms with E-state index < -0.39 is 0 Å². The molecule has 0 radical (unpaired) electrons. The van der Waals surface area contributed by atoms with Gasteiger partial charge >= 0.3 is 5.97 Å². The van der Waals surface area contributed by atoms with Crippen LogP contribution >= 0.6 is 0 Å². The molecule has 0 bridgehead atoms. The zero-order chi connectivity index (χ0) is 20.6. The molecule has 0 spiro atoms. The second kappa shape index (κ2) is 7.50. The van der Waals surface area contributed by atoms with Gasteiger partial charge in [-0.3, -0.25) is 9.59 Å². The van der Waals surface area contributed by atoms with Crippen molar-refractivity contribution in [1.82, 2.24) is 0 Å². The Kier molecular flexibility index (Phi) is 5.27. The smallest absolute Gasteiger partial charge is 0.313 e. The zero-order valence-electron chi connectivity index (χ0n) is 16.8. The Labute approximate surface area is 163 Å². The van der Waals surface area contributed by atoms with Crippen molar-refractivity contribution >= 4 is 33.5 Å². The molecule has 0 N–H and O–H groups in total. The highest BCUT2D eigenvalue weighted by molar-refractivity contribution is 6.12. The number of hydrogen-bond acceptors (Lipinski definition) is 5. The predicted octanol–water partition coefficient (Wildman–Crippen LogP) is 5.90. The SMILES string of the molecule is C=C(Oc1c2ccccc2c(OC(=O)C(C)C)c2oc(C(C)=O)cc12)C(C)C. The lowest BCUT2D eigenvalue weighted by Crippen LogP contribution is -2.15. The minimum absolute atomic E-state index is 0.103. The summed E-state index contributed by atoms with van der Waals surface area (Å²) in [7, 11) is 0. The number of ether oxygens (including phenoxy) is 2. The van der Waals surface area contributed by atoms with Crippen molar-refractivity contribution in [2.24, 2.45) is 11.8 Å². The number of Topliss-reactive ketones (excluding diaryl/α,β-unsaturated/α-hetero) is 1. The maximum absolute atomic E-state index is 12.3. The Balaban J connectivity index is 2.37. The summed E-state index contributed by atoms with van der Waals surface area (Å²) in [4.78, 5) is 24.2. The zero-order valence-corrected chi connectivity index (χ0v) is 16.8. The molecule has 0 saturated heterocycles. The summed E-state index contributed by atoms with van der Waals surface area (Å²) in [6, 6.07) is 9.05. The van der Waals surface area contributed by atoms with E-state index in [0.717, 1.165) is 5.39 Å². The first-order valence-corrected chi connectivity index (χ1v) is 9.28. The summed E-state index contributed by atoms with van der Waals surface area (Å²) in [5, 5.41) is 1.98. The highest BCUT2D eigenvalue weighted by atomic mass is 16.5. The van der Waals surface area contributed by atoms with E-state index >= 15 is 0 Å². The van der Waals surface area contributed by atoms with Crippen LogP contribution < -0.4 is 9.47 Å². The molecule has 0 atom stereocenters. The molecule has 0 saturated carbocycles. The minimum Gasteiger partial charge on any atom is -0.461 e. The van der Waals surface area contributed by atoms with E-state index in [-0.39, 0.29) is 29.3 Å². The average Bonchev–Trinajstić information content (AvgIpc) is 3.09. The van der Waals surface area contributed by atoms with E-state index in [0.29, 0.717) is 33.6 Å². The van der Waals surface area contributed by atoms with Gasteiger partial charge in [0, 0.05) is 23.6 Å². The van der Waals surface area contributed by atoms with Crippen molar-refractivity contribution in [2.75, 3.05) is 0 Å². The van der Waals surface area contributed by atoms with Gasteiger partial charge in [-0.05, 0) is 6.07 Å². The van der Waals surface area contributed by atoms with Gasteiger partial charge in [0.15, 0.2) is 22.9 Å². The molecular formula is C23H24O5. The molecule has 28 heavy (non-hydrogen) atoms. The average molecular weight is 380 g/mol. The molecular weight excluding hydrogens is 356 g/mol. The van der Waals surface area contributed by atoms with Crippen LogP contribution in [0.25, 0.3) is 21.7 Å². The van der Waals surface area contributed by atoms with Crippen LogP contribution in [0.4, 0.5) is 0 Å². The Bertz CT molecular complexity index is 1010. The molecule has 0 aliphatic heterocycles. The van der Waals surface area contributed by atoms with Gasteiger partial charge in [-0.15, -0.1) is 0 Å². The van der Waals surface area contributed by atoms with Gasteiger partial charge in [-0.2, -0.15) is 0 Å². The summed E-state index contributed by atoms with van der Waals surface area (Å²) < 4.78 is 17.6. The molecule has 2 aromatic carbocycles. The number of rotatable bonds is 6. The first-order chi connectivity index (χ1) is 13.2. The molecule has 1 heterocycles. The molecule has 0 amide bonds. The second-order valence-corrected chi connectivity index (χ2v) is 7.41. The Hall–Kier alpha value is -3.08. The molecule has 3 aromatic rings. The first-order valence-electron chi connectivity index (χ1n) is 9.28. The summed E-state index contributed by atoms with van der Waals surface area (Å²) in [5.41, 5.74) is 0.310. The molecule has 0 fully saturated rings. The number of ketones is 1. The fourth-order valence-electron chi connectivity index (χ4n) is 2.73. The summed E-state index contributed by atoms with van der Waals surface area (Å²) in [6.07, 6.45) is 0. The number of allylic oxidation sites excluding steroid dienone is 1. The first kappa shape index (κ1) is 19.7. The van der Waals surface area contributed by atoms with Crippen LogP contribution in [0.3, 0.4) is 0 Å². The second-order valence-electron chi connectivity index (χ2n) is 7.41. The molecule has 146 valence electrons. The topological polar surface area (TPSA) is 65.7 Å². The summed E-state index contributed by atoms with van der Waals surface area (Å²) in [5.74, 6) is 0.766.